The number of amides is 1. The molecule has 3 rings (SSSR count). The topological polar surface area (TPSA) is 38.3 Å². The molecule has 0 radical (unpaired) electrons. The molecule has 1 N–H and O–H groups in total. The first kappa shape index (κ1) is 14.3. The van der Waals surface area contributed by atoms with E-state index < -0.39 is 0 Å². The number of carbonyl (C=O) groups is 1. The van der Waals surface area contributed by atoms with Crippen molar-refractivity contribution in [3.63, 3.8) is 0 Å². The molecule has 0 aromatic heterocycles. The standard InChI is InChI=1S/C18H16FNO2/c19-15-7-8-17-14(10-15)11-16(22-17)12-20-18(21)9-6-13-4-2-1-3-5-13/h1-10,16H,11-12H2,(H,20,21). The fraction of sp³-hybridized carbons (Fsp3) is 0.167. The summed E-state index contributed by atoms with van der Waals surface area (Å²) in [7, 11) is 0. The average molecular weight is 297 g/mol. The molecule has 2 aromatic rings. The normalized spacial score (nSPS) is 16.3. The van der Waals surface area contributed by atoms with E-state index in [2.05, 4.69) is 5.32 Å². The Balaban J connectivity index is 1.50. The summed E-state index contributed by atoms with van der Waals surface area (Å²) < 4.78 is 18.8. The van der Waals surface area contributed by atoms with Crippen molar-refractivity contribution in [3.8, 4) is 5.75 Å². The molecular weight excluding hydrogens is 281 g/mol. The highest BCUT2D eigenvalue weighted by Gasteiger charge is 2.23. The van der Waals surface area contributed by atoms with Crippen LogP contribution in [-0.2, 0) is 11.2 Å². The van der Waals surface area contributed by atoms with Crippen molar-refractivity contribution in [2.75, 3.05) is 6.54 Å². The predicted octanol–water partition coefficient (Wildman–Crippen LogP) is 2.96. The van der Waals surface area contributed by atoms with Gasteiger partial charge in [-0.3, -0.25) is 4.79 Å². The van der Waals surface area contributed by atoms with E-state index in [9.17, 15) is 9.18 Å². The Kier molecular flexibility index (Phi) is 4.19. The van der Waals surface area contributed by atoms with Gasteiger partial charge in [0.1, 0.15) is 17.7 Å². The first-order chi connectivity index (χ1) is 10.7. The summed E-state index contributed by atoms with van der Waals surface area (Å²) in [5, 5.41) is 2.80. The van der Waals surface area contributed by atoms with Gasteiger partial charge in [-0.15, -0.1) is 0 Å². The number of hydrogen-bond acceptors (Lipinski definition) is 2. The average Bonchev–Trinajstić information content (AvgIpc) is 2.94. The van der Waals surface area contributed by atoms with Crippen molar-refractivity contribution in [1.82, 2.24) is 5.32 Å². The van der Waals surface area contributed by atoms with Gasteiger partial charge in [0, 0.05) is 18.1 Å². The summed E-state index contributed by atoms with van der Waals surface area (Å²) in [4.78, 5) is 11.8. The van der Waals surface area contributed by atoms with Crippen molar-refractivity contribution in [2.24, 2.45) is 0 Å². The molecule has 0 saturated carbocycles. The molecule has 3 nitrogen and oxygen atoms in total. The zero-order valence-electron chi connectivity index (χ0n) is 12.0. The maximum atomic E-state index is 13.1. The Morgan fingerprint density at radius 3 is 2.91 bits per heavy atom. The quantitative estimate of drug-likeness (QED) is 0.881. The molecule has 1 aliphatic heterocycles. The fourth-order valence-electron chi connectivity index (χ4n) is 2.41. The number of fused-ring (bicyclic) bond motifs is 1. The van der Waals surface area contributed by atoms with Gasteiger partial charge in [-0.1, -0.05) is 30.3 Å². The van der Waals surface area contributed by atoms with Crippen LogP contribution in [0.1, 0.15) is 11.1 Å². The lowest BCUT2D eigenvalue weighted by molar-refractivity contribution is -0.116. The summed E-state index contributed by atoms with van der Waals surface area (Å²) in [5.74, 6) is 0.257. The van der Waals surface area contributed by atoms with Gasteiger partial charge in [0.15, 0.2) is 0 Å². The predicted molar refractivity (Wildman–Crippen MR) is 83.0 cm³/mol. The highest BCUT2D eigenvalue weighted by molar-refractivity contribution is 5.91. The van der Waals surface area contributed by atoms with E-state index in [1.54, 1.807) is 12.1 Å². The van der Waals surface area contributed by atoms with Crippen molar-refractivity contribution in [1.29, 1.82) is 0 Å². The third kappa shape index (κ3) is 3.52. The monoisotopic (exact) mass is 297 g/mol. The summed E-state index contributed by atoms with van der Waals surface area (Å²) in [6.45, 7) is 0.397. The molecule has 2 aromatic carbocycles. The number of nitrogens with one attached hydrogen (secondary N) is 1. The Morgan fingerprint density at radius 1 is 1.27 bits per heavy atom. The molecule has 112 valence electrons. The van der Waals surface area contributed by atoms with Crippen LogP contribution in [-0.4, -0.2) is 18.6 Å². The number of benzene rings is 2. The van der Waals surface area contributed by atoms with Crippen LogP contribution in [0.15, 0.2) is 54.6 Å². The minimum absolute atomic E-state index is 0.147. The number of rotatable bonds is 4. The van der Waals surface area contributed by atoms with Crippen LogP contribution in [0.25, 0.3) is 6.08 Å². The van der Waals surface area contributed by atoms with E-state index in [4.69, 9.17) is 4.74 Å². The van der Waals surface area contributed by atoms with E-state index in [1.807, 2.05) is 30.3 Å². The van der Waals surface area contributed by atoms with Crippen molar-refractivity contribution in [2.45, 2.75) is 12.5 Å². The molecule has 1 aliphatic rings. The second-order valence-corrected chi connectivity index (χ2v) is 5.19. The van der Waals surface area contributed by atoms with E-state index in [1.165, 1.54) is 18.2 Å². The zero-order chi connectivity index (χ0) is 15.4. The summed E-state index contributed by atoms with van der Waals surface area (Å²) >= 11 is 0. The number of hydrogen-bond donors (Lipinski definition) is 1. The van der Waals surface area contributed by atoms with Gasteiger partial charge < -0.3 is 10.1 Å². The van der Waals surface area contributed by atoms with Gasteiger partial charge in [0.2, 0.25) is 5.91 Å². The fourth-order valence-corrected chi connectivity index (χ4v) is 2.41. The lowest BCUT2D eigenvalue weighted by atomic mass is 10.1. The Morgan fingerprint density at radius 2 is 2.09 bits per heavy atom. The van der Waals surface area contributed by atoms with E-state index in [0.717, 1.165) is 11.1 Å². The molecule has 1 unspecified atom stereocenters. The molecule has 22 heavy (non-hydrogen) atoms. The van der Waals surface area contributed by atoms with Crippen LogP contribution in [0.5, 0.6) is 5.75 Å². The molecule has 0 spiro atoms. The zero-order valence-corrected chi connectivity index (χ0v) is 12.0. The molecule has 1 amide bonds. The maximum Gasteiger partial charge on any atom is 0.244 e. The highest BCUT2D eigenvalue weighted by atomic mass is 19.1. The van der Waals surface area contributed by atoms with Gasteiger partial charge in [-0.25, -0.2) is 4.39 Å². The van der Waals surface area contributed by atoms with Gasteiger partial charge in [0.05, 0.1) is 6.54 Å². The molecule has 0 fully saturated rings. The van der Waals surface area contributed by atoms with Gasteiger partial charge in [0.25, 0.3) is 0 Å². The van der Waals surface area contributed by atoms with Crippen molar-refractivity contribution >= 4 is 12.0 Å². The van der Waals surface area contributed by atoms with Gasteiger partial charge in [-0.05, 0) is 29.8 Å². The first-order valence-electron chi connectivity index (χ1n) is 7.17. The lowest BCUT2D eigenvalue weighted by Gasteiger charge is -2.10. The van der Waals surface area contributed by atoms with Crippen molar-refractivity contribution in [3.05, 3.63) is 71.6 Å². The van der Waals surface area contributed by atoms with Crippen LogP contribution < -0.4 is 10.1 Å². The minimum Gasteiger partial charge on any atom is -0.488 e. The van der Waals surface area contributed by atoms with Crippen LogP contribution in [0.4, 0.5) is 4.39 Å². The largest absolute Gasteiger partial charge is 0.488 e. The lowest BCUT2D eigenvalue weighted by Crippen LogP contribution is -2.33. The number of halogens is 1. The number of ether oxygens (including phenoxy) is 1. The molecular formula is C18H16FNO2. The van der Waals surface area contributed by atoms with Crippen LogP contribution in [0.2, 0.25) is 0 Å². The highest BCUT2D eigenvalue weighted by Crippen LogP contribution is 2.28. The van der Waals surface area contributed by atoms with Crippen LogP contribution in [0, 0.1) is 5.82 Å². The molecule has 0 aliphatic carbocycles. The second kappa shape index (κ2) is 6.43. The third-order valence-electron chi connectivity index (χ3n) is 3.49. The third-order valence-corrected chi connectivity index (χ3v) is 3.49. The minimum atomic E-state index is -0.266. The van der Waals surface area contributed by atoms with Gasteiger partial charge in [-0.2, -0.15) is 0 Å². The number of carbonyl (C=O) groups excluding carboxylic acids is 1. The first-order valence-corrected chi connectivity index (χ1v) is 7.17. The Labute approximate surface area is 128 Å². The molecule has 0 saturated heterocycles. The van der Waals surface area contributed by atoms with E-state index in [-0.39, 0.29) is 17.8 Å². The van der Waals surface area contributed by atoms with E-state index >= 15 is 0 Å². The van der Waals surface area contributed by atoms with E-state index in [0.29, 0.717) is 18.7 Å². The molecule has 4 heteroatoms. The maximum absolute atomic E-state index is 13.1. The van der Waals surface area contributed by atoms with Crippen molar-refractivity contribution < 1.29 is 13.9 Å². The summed E-state index contributed by atoms with van der Waals surface area (Å²) in [5.41, 5.74) is 1.82. The summed E-state index contributed by atoms with van der Waals surface area (Å²) in [6.07, 6.45) is 3.72. The van der Waals surface area contributed by atoms with Crippen LogP contribution in [0.3, 0.4) is 0 Å². The second-order valence-electron chi connectivity index (χ2n) is 5.19. The molecule has 0 bridgehead atoms. The Hall–Kier alpha value is -2.62. The molecule has 1 heterocycles. The van der Waals surface area contributed by atoms with Gasteiger partial charge >= 0.3 is 0 Å². The SMILES string of the molecule is O=C(C=Cc1ccccc1)NCC1Cc2cc(F)ccc2O1. The summed E-state index contributed by atoms with van der Waals surface area (Å²) in [6, 6.07) is 14.1. The Bertz CT molecular complexity index is 697. The van der Waals surface area contributed by atoms with Crippen LogP contribution >= 0.6 is 0 Å². The smallest absolute Gasteiger partial charge is 0.244 e. The molecule has 1 atom stereocenters.